The average molecular weight is 364 g/mol. The summed E-state index contributed by atoms with van der Waals surface area (Å²) in [5.41, 5.74) is 0.753. The second kappa shape index (κ2) is 8.58. The van der Waals surface area contributed by atoms with Crippen LogP contribution in [0.1, 0.15) is 32.1 Å². The molecule has 3 rings (SSSR count). The van der Waals surface area contributed by atoms with Crippen molar-refractivity contribution in [3.63, 3.8) is 0 Å². The van der Waals surface area contributed by atoms with Gasteiger partial charge in [-0.2, -0.15) is 4.68 Å². The lowest BCUT2D eigenvalue weighted by Crippen LogP contribution is -2.17. The first kappa shape index (κ1) is 17.4. The molecule has 0 aliphatic heterocycles. The third-order valence-electron chi connectivity index (χ3n) is 3.93. The zero-order valence-corrected chi connectivity index (χ0v) is 15.2. The number of hydrogen-bond acceptors (Lipinski definition) is 6. The van der Waals surface area contributed by atoms with Gasteiger partial charge in [0.25, 0.3) is 5.89 Å². The van der Waals surface area contributed by atoms with Gasteiger partial charge < -0.3 is 4.42 Å². The van der Waals surface area contributed by atoms with Crippen molar-refractivity contribution < 1.29 is 4.42 Å². The molecule has 1 aliphatic rings. The smallest absolute Gasteiger partial charge is 0.387 e. The summed E-state index contributed by atoms with van der Waals surface area (Å²) < 4.78 is 6.79. The van der Waals surface area contributed by atoms with Crippen LogP contribution in [0.3, 0.4) is 0 Å². The molecule has 0 amide bonds. The summed E-state index contributed by atoms with van der Waals surface area (Å²) in [6.45, 7) is 3.72. The van der Waals surface area contributed by atoms with Crippen LogP contribution in [0.4, 0.5) is 0 Å². The van der Waals surface area contributed by atoms with Gasteiger partial charge in [0.05, 0.1) is 11.4 Å². The summed E-state index contributed by atoms with van der Waals surface area (Å²) >= 11 is 3.34. The van der Waals surface area contributed by atoms with Crippen molar-refractivity contribution in [2.24, 2.45) is 0 Å². The van der Waals surface area contributed by atoms with E-state index in [9.17, 15) is 4.79 Å². The van der Waals surface area contributed by atoms with Crippen LogP contribution in [0.2, 0.25) is 0 Å². The Morgan fingerprint density at radius 3 is 3.00 bits per heavy atom. The molecule has 2 aromatic rings. The Morgan fingerprint density at radius 1 is 1.38 bits per heavy atom. The van der Waals surface area contributed by atoms with E-state index in [4.69, 9.17) is 4.42 Å². The molecule has 0 spiro atoms. The lowest BCUT2D eigenvalue weighted by molar-refractivity contribution is 0.498. The number of aromatic nitrogens is 3. The second-order valence-corrected chi connectivity index (χ2v) is 7.95. The van der Waals surface area contributed by atoms with E-state index < -0.39 is 5.76 Å². The van der Waals surface area contributed by atoms with Gasteiger partial charge in [0.15, 0.2) is 0 Å². The third-order valence-corrected chi connectivity index (χ3v) is 6.27. The van der Waals surface area contributed by atoms with Crippen molar-refractivity contribution >= 4 is 23.5 Å². The monoisotopic (exact) mass is 363 g/mol. The first-order chi connectivity index (χ1) is 11.8. The first-order valence-corrected chi connectivity index (χ1v) is 10.2. The zero-order chi connectivity index (χ0) is 16.8. The van der Waals surface area contributed by atoms with Crippen LogP contribution in [-0.2, 0) is 5.88 Å². The minimum Gasteiger partial charge on any atom is -0.387 e. The van der Waals surface area contributed by atoms with Crippen molar-refractivity contribution in [1.82, 2.24) is 14.8 Å². The number of hydrogen-bond donors (Lipinski definition) is 0. The van der Waals surface area contributed by atoms with Crippen molar-refractivity contribution in [3.05, 3.63) is 41.5 Å². The molecule has 1 fully saturated rings. The maximum Gasteiger partial charge on any atom is 0.438 e. The van der Waals surface area contributed by atoms with E-state index in [-0.39, 0.29) is 0 Å². The summed E-state index contributed by atoms with van der Waals surface area (Å²) in [6, 6.07) is 3.70. The highest BCUT2D eigenvalue weighted by Crippen LogP contribution is 2.30. The molecule has 0 saturated heterocycles. The van der Waals surface area contributed by atoms with Gasteiger partial charge in [-0.25, -0.2) is 9.78 Å². The van der Waals surface area contributed by atoms with E-state index in [0.717, 1.165) is 16.3 Å². The Kier molecular flexibility index (Phi) is 6.20. The number of pyridine rings is 1. The molecule has 5 nitrogen and oxygen atoms in total. The maximum atomic E-state index is 12.1. The SMILES string of the molecule is C=CCSc1ncccc1-c1nn(CSC2CCCCC2)c(=O)o1. The Hall–Kier alpha value is -1.47. The van der Waals surface area contributed by atoms with Crippen LogP contribution >= 0.6 is 23.5 Å². The van der Waals surface area contributed by atoms with Crippen LogP contribution in [0.5, 0.6) is 0 Å². The summed E-state index contributed by atoms with van der Waals surface area (Å²) in [7, 11) is 0. The number of thioether (sulfide) groups is 2. The molecule has 2 heterocycles. The van der Waals surface area contributed by atoms with Gasteiger partial charge in [0, 0.05) is 17.2 Å². The third kappa shape index (κ3) is 4.33. The summed E-state index contributed by atoms with van der Waals surface area (Å²) in [4.78, 5) is 16.4. The molecule has 24 heavy (non-hydrogen) atoms. The lowest BCUT2D eigenvalue weighted by Gasteiger charge is -2.20. The van der Waals surface area contributed by atoms with Gasteiger partial charge >= 0.3 is 5.76 Å². The predicted octanol–water partition coefficient (Wildman–Crippen LogP) is 4.20. The van der Waals surface area contributed by atoms with Gasteiger partial charge in [-0.05, 0) is 25.0 Å². The second-order valence-electron chi connectivity index (χ2n) is 5.68. The largest absolute Gasteiger partial charge is 0.438 e. The predicted molar refractivity (Wildman–Crippen MR) is 99.4 cm³/mol. The Labute approximate surface area is 149 Å². The summed E-state index contributed by atoms with van der Waals surface area (Å²) in [5.74, 6) is 1.22. The maximum absolute atomic E-state index is 12.1. The molecule has 0 radical (unpaired) electrons. The van der Waals surface area contributed by atoms with E-state index in [1.54, 1.807) is 29.7 Å². The van der Waals surface area contributed by atoms with Crippen molar-refractivity contribution in [2.75, 3.05) is 5.75 Å². The van der Waals surface area contributed by atoms with Crippen LogP contribution in [-0.4, -0.2) is 25.8 Å². The average Bonchev–Trinajstić information content (AvgIpc) is 3.00. The molecule has 0 N–H and O–H groups in total. The quantitative estimate of drug-likeness (QED) is 0.543. The van der Waals surface area contributed by atoms with Crippen LogP contribution < -0.4 is 5.76 Å². The summed E-state index contributed by atoms with van der Waals surface area (Å²) in [5, 5.41) is 5.80. The van der Waals surface area contributed by atoms with Gasteiger partial charge in [-0.3, -0.25) is 0 Å². The van der Waals surface area contributed by atoms with E-state index in [2.05, 4.69) is 16.7 Å². The van der Waals surface area contributed by atoms with Crippen molar-refractivity contribution in [2.45, 2.75) is 48.3 Å². The normalized spacial score (nSPS) is 15.5. The molecule has 0 atom stereocenters. The molecular formula is C17H21N3O2S2. The highest BCUT2D eigenvalue weighted by Gasteiger charge is 2.17. The Balaban J connectivity index is 1.74. The molecule has 128 valence electrons. The van der Waals surface area contributed by atoms with Gasteiger partial charge in [0.2, 0.25) is 0 Å². The molecular weight excluding hydrogens is 342 g/mol. The first-order valence-electron chi connectivity index (χ1n) is 8.16. The molecule has 2 aromatic heterocycles. The van der Waals surface area contributed by atoms with Crippen LogP contribution in [0.25, 0.3) is 11.5 Å². The number of rotatable bonds is 7. The zero-order valence-electron chi connectivity index (χ0n) is 13.5. The van der Waals surface area contributed by atoms with Crippen LogP contribution in [0, 0.1) is 0 Å². The van der Waals surface area contributed by atoms with Gasteiger partial charge in [-0.1, -0.05) is 25.3 Å². The fraction of sp³-hybridized carbons (Fsp3) is 0.471. The highest BCUT2D eigenvalue weighted by molar-refractivity contribution is 7.99. The highest BCUT2D eigenvalue weighted by atomic mass is 32.2. The summed E-state index contributed by atoms with van der Waals surface area (Å²) in [6.07, 6.45) is 9.91. The van der Waals surface area contributed by atoms with E-state index >= 15 is 0 Å². The molecule has 7 heteroatoms. The van der Waals surface area contributed by atoms with Crippen molar-refractivity contribution in [3.8, 4) is 11.5 Å². The fourth-order valence-electron chi connectivity index (χ4n) is 2.71. The molecule has 0 unspecified atom stereocenters. The van der Waals surface area contributed by atoms with Crippen LogP contribution in [0.15, 0.2) is 45.2 Å². The Bertz CT molecular complexity index is 735. The minimum atomic E-state index is -0.406. The van der Waals surface area contributed by atoms with Crippen molar-refractivity contribution in [1.29, 1.82) is 0 Å². The fourth-order valence-corrected chi connectivity index (χ4v) is 4.61. The lowest BCUT2D eigenvalue weighted by atomic mass is 10.0. The molecule has 1 aliphatic carbocycles. The topological polar surface area (TPSA) is 60.9 Å². The molecule has 0 aromatic carbocycles. The van der Waals surface area contributed by atoms with E-state index in [1.165, 1.54) is 36.8 Å². The van der Waals surface area contributed by atoms with E-state index in [1.807, 2.05) is 18.2 Å². The van der Waals surface area contributed by atoms with Gasteiger partial charge in [0.1, 0.15) is 5.03 Å². The minimum absolute atomic E-state index is 0.337. The molecule has 0 bridgehead atoms. The standard InChI is InChI=1S/C17H21N3O2S2/c1-2-11-23-16-14(9-6-10-18-16)15-19-20(17(21)22-15)12-24-13-7-4-3-5-8-13/h2,6,9-10,13H,1,3-5,7-8,11-12H2. The number of nitrogens with zero attached hydrogens (tertiary/aromatic N) is 3. The van der Waals surface area contributed by atoms with Gasteiger partial charge in [-0.15, -0.1) is 35.2 Å². The van der Waals surface area contributed by atoms with E-state index in [0.29, 0.717) is 17.0 Å². The Morgan fingerprint density at radius 2 is 2.21 bits per heavy atom. The molecule has 1 saturated carbocycles.